The van der Waals surface area contributed by atoms with Gasteiger partial charge in [0.05, 0.1) is 5.75 Å². The second kappa shape index (κ2) is 7.61. The SMILES string of the molecule is CC(CS(=O)(=O)NCC1CCCC(Cl)C1)c1ccccc1. The Morgan fingerprint density at radius 2 is 2.00 bits per heavy atom. The summed E-state index contributed by atoms with van der Waals surface area (Å²) in [4.78, 5) is 0. The minimum atomic E-state index is -3.24. The van der Waals surface area contributed by atoms with Gasteiger partial charge in [0, 0.05) is 11.9 Å². The fourth-order valence-corrected chi connectivity index (χ4v) is 4.79. The van der Waals surface area contributed by atoms with E-state index in [-0.39, 0.29) is 17.0 Å². The third kappa shape index (κ3) is 5.61. The quantitative estimate of drug-likeness (QED) is 0.812. The summed E-state index contributed by atoms with van der Waals surface area (Å²) in [5, 5.41) is 0.205. The summed E-state index contributed by atoms with van der Waals surface area (Å²) in [7, 11) is -3.24. The number of hydrogen-bond acceptors (Lipinski definition) is 2. The largest absolute Gasteiger partial charge is 0.215 e. The average molecular weight is 330 g/mol. The molecule has 3 unspecified atom stereocenters. The van der Waals surface area contributed by atoms with Crippen LogP contribution in [0.5, 0.6) is 0 Å². The van der Waals surface area contributed by atoms with E-state index in [1.54, 1.807) is 0 Å². The first-order valence-corrected chi connectivity index (χ1v) is 9.71. The van der Waals surface area contributed by atoms with Crippen LogP contribution < -0.4 is 4.72 Å². The highest BCUT2D eigenvalue weighted by atomic mass is 35.5. The highest BCUT2D eigenvalue weighted by molar-refractivity contribution is 7.89. The standard InChI is InChI=1S/C16H24ClNO2S/c1-13(15-7-3-2-4-8-15)12-21(19,20)18-11-14-6-5-9-16(17)10-14/h2-4,7-8,13-14,16,18H,5-6,9-12H2,1H3. The normalized spacial score (nSPS) is 24.7. The summed E-state index contributed by atoms with van der Waals surface area (Å²) in [6.45, 7) is 2.47. The number of hydrogen-bond donors (Lipinski definition) is 1. The van der Waals surface area contributed by atoms with Gasteiger partial charge in [0.2, 0.25) is 10.0 Å². The number of rotatable bonds is 6. The van der Waals surface area contributed by atoms with Gasteiger partial charge in [-0.25, -0.2) is 13.1 Å². The van der Waals surface area contributed by atoms with E-state index in [1.807, 2.05) is 37.3 Å². The van der Waals surface area contributed by atoms with Crippen LogP contribution in [-0.2, 0) is 10.0 Å². The van der Waals surface area contributed by atoms with Crippen molar-refractivity contribution in [3.05, 3.63) is 35.9 Å². The Hall–Kier alpha value is -0.580. The maximum absolute atomic E-state index is 12.2. The molecule has 0 aromatic heterocycles. The summed E-state index contributed by atoms with van der Waals surface area (Å²) in [6, 6.07) is 9.76. The molecule has 0 heterocycles. The highest BCUT2D eigenvalue weighted by Gasteiger charge is 2.23. The molecule has 0 spiro atoms. The first-order valence-electron chi connectivity index (χ1n) is 7.62. The zero-order valence-corrected chi connectivity index (χ0v) is 14.0. The first-order chi connectivity index (χ1) is 9.96. The van der Waals surface area contributed by atoms with Crippen LogP contribution in [0.15, 0.2) is 30.3 Å². The summed E-state index contributed by atoms with van der Waals surface area (Å²) >= 11 is 6.15. The molecule has 2 rings (SSSR count). The third-order valence-corrected chi connectivity index (χ3v) is 6.09. The van der Waals surface area contributed by atoms with Gasteiger partial charge < -0.3 is 0 Å². The van der Waals surface area contributed by atoms with Crippen molar-refractivity contribution in [2.75, 3.05) is 12.3 Å². The predicted molar refractivity (Wildman–Crippen MR) is 88.2 cm³/mol. The van der Waals surface area contributed by atoms with E-state index in [4.69, 9.17) is 11.6 Å². The van der Waals surface area contributed by atoms with Crippen molar-refractivity contribution in [2.24, 2.45) is 5.92 Å². The summed E-state index contributed by atoms with van der Waals surface area (Å²) < 4.78 is 27.2. The fourth-order valence-electron chi connectivity index (χ4n) is 2.92. The second-order valence-corrected chi connectivity index (χ2v) is 8.54. The molecule has 0 amide bonds. The van der Waals surface area contributed by atoms with Gasteiger partial charge in [-0.15, -0.1) is 11.6 Å². The minimum Gasteiger partial charge on any atom is -0.215 e. The van der Waals surface area contributed by atoms with Gasteiger partial charge >= 0.3 is 0 Å². The van der Waals surface area contributed by atoms with Gasteiger partial charge in [0.1, 0.15) is 0 Å². The first kappa shape index (κ1) is 16.8. The molecule has 1 saturated carbocycles. The Bertz CT molecular complexity index is 532. The molecule has 21 heavy (non-hydrogen) atoms. The van der Waals surface area contributed by atoms with E-state index in [9.17, 15) is 8.42 Å². The van der Waals surface area contributed by atoms with Gasteiger partial charge in [0.15, 0.2) is 0 Å². The van der Waals surface area contributed by atoms with Gasteiger partial charge in [-0.3, -0.25) is 0 Å². The van der Waals surface area contributed by atoms with Gasteiger partial charge in [-0.2, -0.15) is 0 Å². The Balaban J connectivity index is 1.84. The molecule has 1 fully saturated rings. The lowest BCUT2D eigenvalue weighted by Crippen LogP contribution is -2.34. The molecule has 3 nitrogen and oxygen atoms in total. The van der Waals surface area contributed by atoms with Crippen molar-refractivity contribution in [1.82, 2.24) is 4.72 Å². The van der Waals surface area contributed by atoms with Crippen LogP contribution in [-0.4, -0.2) is 26.1 Å². The van der Waals surface area contributed by atoms with Crippen molar-refractivity contribution in [2.45, 2.75) is 43.9 Å². The molecule has 1 N–H and O–H groups in total. The van der Waals surface area contributed by atoms with Crippen molar-refractivity contribution < 1.29 is 8.42 Å². The third-order valence-electron chi connectivity index (χ3n) is 4.15. The molecule has 1 aliphatic rings. The topological polar surface area (TPSA) is 46.2 Å². The van der Waals surface area contributed by atoms with Crippen LogP contribution in [0.3, 0.4) is 0 Å². The minimum absolute atomic E-state index is 0.00386. The van der Waals surface area contributed by atoms with Gasteiger partial charge in [0.25, 0.3) is 0 Å². The Kier molecular flexibility index (Phi) is 6.08. The molecular weight excluding hydrogens is 306 g/mol. The van der Waals surface area contributed by atoms with Crippen molar-refractivity contribution in [3.63, 3.8) is 0 Å². The lowest BCUT2D eigenvalue weighted by molar-refractivity contribution is 0.361. The summed E-state index contributed by atoms with van der Waals surface area (Å²) in [5.41, 5.74) is 1.06. The lowest BCUT2D eigenvalue weighted by Gasteiger charge is -2.25. The number of benzene rings is 1. The van der Waals surface area contributed by atoms with Crippen molar-refractivity contribution in [1.29, 1.82) is 0 Å². The average Bonchev–Trinajstić information content (AvgIpc) is 2.46. The van der Waals surface area contributed by atoms with Gasteiger partial charge in [-0.05, 0) is 36.7 Å². The molecule has 0 radical (unpaired) electrons. The summed E-state index contributed by atoms with van der Waals surface area (Å²) in [6.07, 6.45) is 4.13. The monoisotopic (exact) mass is 329 g/mol. The van der Waals surface area contributed by atoms with Crippen LogP contribution in [0.1, 0.15) is 44.1 Å². The van der Waals surface area contributed by atoms with Gasteiger partial charge in [-0.1, -0.05) is 43.7 Å². The molecule has 3 atom stereocenters. The molecule has 5 heteroatoms. The van der Waals surface area contributed by atoms with Crippen LogP contribution in [0, 0.1) is 5.92 Å². The smallest absolute Gasteiger partial charge is 0.212 e. The molecule has 0 aliphatic heterocycles. The van der Waals surface area contributed by atoms with E-state index in [0.29, 0.717) is 12.5 Å². The Labute approximate surface area is 133 Å². The molecule has 1 aromatic carbocycles. The van der Waals surface area contributed by atoms with Crippen LogP contribution in [0.25, 0.3) is 0 Å². The number of alkyl halides is 1. The van der Waals surface area contributed by atoms with E-state index in [2.05, 4.69) is 4.72 Å². The zero-order valence-electron chi connectivity index (χ0n) is 12.5. The van der Waals surface area contributed by atoms with Crippen LogP contribution in [0.4, 0.5) is 0 Å². The van der Waals surface area contributed by atoms with E-state index < -0.39 is 10.0 Å². The van der Waals surface area contributed by atoms with E-state index in [0.717, 1.165) is 31.2 Å². The maximum atomic E-state index is 12.2. The maximum Gasteiger partial charge on any atom is 0.212 e. The fraction of sp³-hybridized carbons (Fsp3) is 0.625. The van der Waals surface area contributed by atoms with E-state index in [1.165, 1.54) is 0 Å². The molecule has 0 saturated heterocycles. The van der Waals surface area contributed by atoms with Crippen molar-refractivity contribution >= 4 is 21.6 Å². The number of sulfonamides is 1. The van der Waals surface area contributed by atoms with E-state index >= 15 is 0 Å². The molecule has 118 valence electrons. The van der Waals surface area contributed by atoms with Crippen molar-refractivity contribution in [3.8, 4) is 0 Å². The summed E-state index contributed by atoms with van der Waals surface area (Å²) in [5.74, 6) is 0.507. The lowest BCUT2D eigenvalue weighted by atomic mass is 9.89. The molecule has 1 aromatic rings. The predicted octanol–water partition coefficient (Wildman–Crippen LogP) is 3.51. The van der Waals surface area contributed by atoms with Crippen LogP contribution >= 0.6 is 11.6 Å². The zero-order chi connectivity index (χ0) is 15.3. The molecular formula is C16H24ClNO2S. The Morgan fingerprint density at radius 1 is 1.29 bits per heavy atom. The molecule has 1 aliphatic carbocycles. The number of nitrogens with one attached hydrogen (secondary N) is 1. The number of halogens is 1. The molecule has 0 bridgehead atoms. The highest BCUT2D eigenvalue weighted by Crippen LogP contribution is 2.27. The van der Waals surface area contributed by atoms with Crippen LogP contribution in [0.2, 0.25) is 0 Å². The second-order valence-electron chi connectivity index (χ2n) is 6.07. The Morgan fingerprint density at radius 3 is 2.67 bits per heavy atom.